The maximum Gasteiger partial charge on any atom is 0.225 e. The number of allylic oxidation sites excluding steroid dienone is 1. The van der Waals surface area contributed by atoms with E-state index < -0.39 is 0 Å². The second-order valence-electron chi connectivity index (χ2n) is 8.93. The van der Waals surface area contributed by atoms with Gasteiger partial charge in [0.05, 0.1) is 5.69 Å². The molecule has 2 aliphatic rings. The van der Waals surface area contributed by atoms with E-state index in [0.717, 1.165) is 75.4 Å². The SMILES string of the molecule is C=C(c1cccc(C)n1)C1CCN(C(=O)C2CCN(Cc3ccnc(N)c3)CC2)CC1. The third-order valence-electron chi connectivity index (χ3n) is 6.71. The molecule has 1 amide bonds. The summed E-state index contributed by atoms with van der Waals surface area (Å²) >= 11 is 0. The summed E-state index contributed by atoms with van der Waals surface area (Å²) in [5, 5.41) is 0. The van der Waals surface area contributed by atoms with Crippen LogP contribution in [0.1, 0.15) is 42.6 Å². The lowest BCUT2D eigenvalue weighted by Gasteiger charge is -2.37. The Morgan fingerprint density at radius 3 is 2.48 bits per heavy atom. The fourth-order valence-corrected chi connectivity index (χ4v) is 4.83. The van der Waals surface area contributed by atoms with Crippen LogP contribution in [-0.2, 0) is 11.3 Å². The average Bonchev–Trinajstić information content (AvgIpc) is 2.79. The lowest BCUT2D eigenvalue weighted by Crippen LogP contribution is -2.45. The van der Waals surface area contributed by atoms with Gasteiger partial charge in [0, 0.05) is 37.4 Å². The number of piperidine rings is 2. The number of carbonyl (C=O) groups is 1. The third kappa shape index (κ3) is 5.31. The van der Waals surface area contributed by atoms with E-state index in [-0.39, 0.29) is 5.92 Å². The first-order valence-corrected chi connectivity index (χ1v) is 11.3. The van der Waals surface area contributed by atoms with E-state index in [1.54, 1.807) is 6.20 Å². The van der Waals surface area contributed by atoms with Crippen LogP contribution in [0.3, 0.4) is 0 Å². The van der Waals surface area contributed by atoms with E-state index >= 15 is 0 Å². The van der Waals surface area contributed by atoms with Gasteiger partial charge in [-0.2, -0.15) is 0 Å². The van der Waals surface area contributed by atoms with Crippen molar-refractivity contribution in [1.82, 2.24) is 19.8 Å². The molecule has 0 bridgehead atoms. The molecular weight excluding hydrogens is 386 g/mol. The normalized spacial score (nSPS) is 18.8. The van der Waals surface area contributed by atoms with Crippen molar-refractivity contribution in [3.05, 3.63) is 60.1 Å². The minimum absolute atomic E-state index is 0.150. The number of rotatable bonds is 5. The molecule has 0 atom stereocenters. The lowest BCUT2D eigenvalue weighted by atomic mass is 9.87. The number of hydrogen-bond acceptors (Lipinski definition) is 5. The largest absolute Gasteiger partial charge is 0.384 e. The first kappa shape index (κ1) is 21.5. The average molecular weight is 420 g/mol. The Morgan fingerprint density at radius 1 is 1.10 bits per heavy atom. The molecule has 164 valence electrons. The molecule has 2 aromatic rings. The Bertz CT molecular complexity index is 927. The van der Waals surface area contributed by atoms with Gasteiger partial charge in [0.1, 0.15) is 5.82 Å². The zero-order valence-electron chi connectivity index (χ0n) is 18.5. The molecule has 2 fully saturated rings. The van der Waals surface area contributed by atoms with Crippen molar-refractivity contribution >= 4 is 17.3 Å². The Labute approximate surface area is 185 Å². The molecule has 2 aliphatic heterocycles. The summed E-state index contributed by atoms with van der Waals surface area (Å²) in [6.45, 7) is 10.7. The number of pyridine rings is 2. The van der Waals surface area contributed by atoms with Crippen LogP contribution in [0.5, 0.6) is 0 Å². The zero-order valence-corrected chi connectivity index (χ0v) is 18.5. The molecule has 2 saturated heterocycles. The van der Waals surface area contributed by atoms with Crippen molar-refractivity contribution < 1.29 is 4.79 Å². The predicted molar refractivity (Wildman–Crippen MR) is 124 cm³/mol. The molecule has 0 aliphatic carbocycles. The molecule has 6 nitrogen and oxygen atoms in total. The summed E-state index contributed by atoms with van der Waals surface area (Å²) in [7, 11) is 0. The quantitative estimate of drug-likeness (QED) is 0.802. The summed E-state index contributed by atoms with van der Waals surface area (Å²) in [6.07, 6.45) is 5.57. The van der Waals surface area contributed by atoms with Gasteiger partial charge in [-0.1, -0.05) is 12.6 Å². The van der Waals surface area contributed by atoms with Crippen molar-refractivity contribution in [3.8, 4) is 0 Å². The Balaban J connectivity index is 1.24. The summed E-state index contributed by atoms with van der Waals surface area (Å²) in [4.78, 5) is 26.3. The first-order chi connectivity index (χ1) is 15.0. The summed E-state index contributed by atoms with van der Waals surface area (Å²) < 4.78 is 0. The second-order valence-corrected chi connectivity index (χ2v) is 8.93. The number of nitrogens with two attached hydrogens (primary N) is 1. The topological polar surface area (TPSA) is 75.4 Å². The molecule has 0 aromatic carbocycles. The minimum atomic E-state index is 0.150. The molecule has 4 rings (SSSR count). The van der Waals surface area contributed by atoms with Crippen LogP contribution < -0.4 is 5.73 Å². The van der Waals surface area contributed by atoms with Gasteiger partial charge in [-0.3, -0.25) is 14.7 Å². The molecule has 0 saturated carbocycles. The van der Waals surface area contributed by atoms with E-state index in [0.29, 0.717) is 17.6 Å². The van der Waals surface area contributed by atoms with Crippen LogP contribution in [0, 0.1) is 18.8 Å². The number of anilines is 1. The second kappa shape index (κ2) is 9.60. The molecule has 4 heterocycles. The van der Waals surface area contributed by atoms with Crippen molar-refractivity contribution in [2.24, 2.45) is 11.8 Å². The number of nitrogen functional groups attached to an aromatic ring is 1. The van der Waals surface area contributed by atoms with E-state index in [9.17, 15) is 4.79 Å². The van der Waals surface area contributed by atoms with Crippen molar-refractivity contribution in [3.63, 3.8) is 0 Å². The standard InChI is InChI=1S/C25H33N5O/c1-18-4-3-5-23(28-18)19(2)21-9-14-30(15-10-21)25(31)22-7-12-29(13-8-22)17-20-6-11-27-24(26)16-20/h3-6,11,16,21-22H,2,7-10,12-15,17H2,1H3,(H2,26,27). The number of likely N-dealkylation sites (tertiary alicyclic amines) is 2. The molecule has 31 heavy (non-hydrogen) atoms. The first-order valence-electron chi connectivity index (χ1n) is 11.3. The van der Waals surface area contributed by atoms with E-state index in [4.69, 9.17) is 5.73 Å². The van der Waals surface area contributed by atoms with Gasteiger partial charge in [-0.25, -0.2) is 4.98 Å². The van der Waals surface area contributed by atoms with Gasteiger partial charge < -0.3 is 10.6 Å². The van der Waals surface area contributed by atoms with Crippen LogP contribution in [0.4, 0.5) is 5.82 Å². The maximum absolute atomic E-state index is 13.1. The fraction of sp³-hybridized carbons (Fsp3) is 0.480. The molecule has 0 spiro atoms. The van der Waals surface area contributed by atoms with Crippen molar-refractivity contribution in [2.75, 3.05) is 31.9 Å². The number of aryl methyl sites for hydroxylation is 1. The highest BCUT2D eigenvalue weighted by molar-refractivity contribution is 5.79. The highest BCUT2D eigenvalue weighted by Gasteiger charge is 2.31. The molecule has 0 radical (unpaired) electrons. The zero-order chi connectivity index (χ0) is 21.8. The van der Waals surface area contributed by atoms with Gasteiger partial charge in [0.2, 0.25) is 5.91 Å². The van der Waals surface area contributed by atoms with Gasteiger partial charge in [-0.15, -0.1) is 0 Å². The number of nitrogens with zero attached hydrogens (tertiary/aromatic N) is 4. The lowest BCUT2D eigenvalue weighted by molar-refractivity contribution is -0.138. The molecule has 2 N–H and O–H groups in total. The number of aromatic nitrogens is 2. The molecular formula is C25H33N5O. The minimum Gasteiger partial charge on any atom is -0.384 e. The van der Waals surface area contributed by atoms with Gasteiger partial charge in [-0.05, 0) is 87.0 Å². The Morgan fingerprint density at radius 2 is 1.81 bits per heavy atom. The van der Waals surface area contributed by atoms with Crippen LogP contribution >= 0.6 is 0 Å². The van der Waals surface area contributed by atoms with Crippen LogP contribution in [0.25, 0.3) is 5.57 Å². The number of amides is 1. The third-order valence-corrected chi connectivity index (χ3v) is 6.71. The highest BCUT2D eigenvalue weighted by Crippen LogP contribution is 2.31. The van der Waals surface area contributed by atoms with Gasteiger partial charge in [0.25, 0.3) is 0 Å². The fourth-order valence-electron chi connectivity index (χ4n) is 4.83. The van der Waals surface area contributed by atoms with Gasteiger partial charge in [0.15, 0.2) is 0 Å². The van der Waals surface area contributed by atoms with Crippen LogP contribution in [0.15, 0.2) is 43.1 Å². The maximum atomic E-state index is 13.1. The van der Waals surface area contributed by atoms with E-state index in [2.05, 4.69) is 26.3 Å². The van der Waals surface area contributed by atoms with Crippen LogP contribution in [-0.4, -0.2) is 51.9 Å². The van der Waals surface area contributed by atoms with E-state index in [1.807, 2.05) is 37.3 Å². The predicted octanol–water partition coefficient (Wildman–Crippen LogP) is 3.53. The van der Waals surface area contributed by atoms with E-state index in [1.165, 1.54) is 5.56 Å². The summed E-state index contributed by atoms with van der Waals surface area (Å²) in [6, 6.07) is 10.0. The number of hydrogen-bond donors (Lipinski definition) is 1. The number of carbonyl (C=O) groups excluding carboxylic acids is 1. The smallest absolute Gasteiger partial charge is 0.225 e. The molecule has 6 heteroatoms. The van der Waals surface area contributed by atoms with Gasteiger partial charge >= 0.3 is 0 Å². The Kier molecular flexibility index (Phi) is 6.66. The Hall–Kier alpha value is -2.73. The molecule has 0 unspecified atom stereocenters. The van der Waals surface area contributed by atoms with Crippen molar-refractivity contribution in [2.45, 2.75) is 39.2 Å². The van der Waals surface area contributed by atoms with Crippen molar-refractivity contribution in [1.29, 1.82) is 0 Å². The monoisotopic (exact) mass is 419 g/mol. The summed E-state index contributed by atoms with van der Waals surface area (Å²) in [5.41, 5.74) is 10.1. The van der Waals surface area contributed by atoms with Crippen LogP contribution in [0.2, 0.25) is 0 Å². The summed E-state index contributed by atoms with van der Waals surface area (Å²) in [5.74, 6) is 1.46. The highest BCUT2D eigenvalue weighted by atomic mass is 16.2. The molecule has 2 aromatic heterocycles.